The fourth-order valence-electron chi connectivity index (χ4n) is 3.42. The molecule has 0 spiro atoms. The number of ether oxygens (including phenoxy) is 2. The SMILES string of the molecule is CCOC(=O)Nc1cc2c(c(N)n1)N=C(c1ccc(OCc3ccccc3)cc1)C(C)N2. The lowest BCUT2D eigenvalue weighted by Crippen LogP contribution is -2.30. The largest absolute Gasteiger partial charge is 0.489 e. The van der Waals surface area contributed by atoms with Gasteiger partial charge in [0.1, 0.15) is 23.9 Å². The Labute approximate surface area is 186 Å². The highest BCUT2D eigenvalue weighted by Crippen LogP contribution is 2.37. The van der Waals surface area contributed by atoms with E-state index in [1.807, 2.05) is 61.5 Å². The molecule has 0 saturated carbocycles. The number of nitrogens with zero attached hydrogens (tertiary/aromatic N) is 2. The molecular weight excluding hydrogens is 406 g/mol. The van der Waals surface area contributed by atoms with Gasteiger partial charge in [0, 0.05) is 6.07 Å². The molecule has 8 heteroatoms. The third-order valence-corrected chi connectivity index (χ3v) is 4.94. The molecule has 2 aromatic carbocycles. The number of hydrogen-bond donors (Lipinski definition) is 3. The number of aromatic nitrogens is 1. The average Bonchev–Trinajstić information content (AvgIpc) is 2.78. The number of nitrogen functional groups attached to an aromatic ring is 1. The third kappa shape index (κ3) is 4.80. The first kappa shape index (κ1) is 21.2. The van der Waals surface area contributed by atoms with Gasteiger partial charge in [-0.15, -0.1) is 0 Å². The van der Waals surface area contributed by atoms with Crippen molar-refractivity contribution >= 4 is 34.8 Å². The summed E-state index contributed by atoms with van der Waals surface area (Å²) in [5.41, 5.74) is 10.3. The van der Waals surface area contributed by atoms with Gasteiger partial charge in [0.15, 0.2) is 5.82 Å². The van der Waals surface area contributed by atoms with Crippen LogP contribution in [0.2, 0.25) is 0 Å². The van der Waals surface area contributed by atoms with Crippen LogP contribution in [0.25, 0.3) is 0 Å². The summed E-state index contributed by atoms with van der Waals surface area (Å²) in [6.45, 7) is 4.52. The van der Waals surface area contributed by atoms with Gasteiger partial charge < -0.3 is 20.5 Å². The Hall–Kier alpha value is -4.07. The summed E-state index contributed by atoms with van der Waals surface area (Å²) in [6.07, 6.45) is -0.582. The number of amides is 1. The van der Waals surface area contributed by atoms with Crippen molar-refractivity contribution in [1.29, 1.82) is 0 Å². The minimum Gasteiger partial charge on any atom is -0.489 e. The molecule has 1 unspecified atom stereocenters. The Morgan fingerprint density at radius 1 is 1.16 bits per heavy atom. The maximum absolute atomic E-state index is 11.7. The van der Waals surface area contributed by atoms with E-state index in [1.165, 1.54) is 0 Å². The second kappa shape index (κ2) is 9.38. The summed E-state index contributed by atoms with van der Waals surface area (Å²) >= 11 is 0. The van der Waals surface area contributed by atoms with Crippen molar-refractivity contribution in [2.24, 2.45) is 4.99 Å². The molecule has 1 aliphatic rings. The topological polar surface area (TPSA) is 111 Å². The maximum atomic E-state index is 11.7. The number of rotatable bonds is 6. The Morgan fingerprint density at radius 2 is 1.91 bits per heavy atom. The predicted molar refractivity (Wildman–Crippen MR) is 126 cm³/mol. The number of hydrogen-bond acceptors (Lipinski definition) is 7. The summed E-state index contributed by atoms with van der Waals surface area (Å²) in [5, 5.41) is 5.95. The summed E-state index contributed by atoms with van der Waals surface area (Å²) in [7, 11) is 0. The first-order chi connectivity index (χ1) is 15.5. The van der Waals surface area contributed by atoms with Crippen molar-refractivity contribution < 1.29 is 14.3 Å². The van der Waals surface area contributed by atoms with Crippen LogP contribution in [-0.4, -0.2) is 29.4 Å². The zero-order valence-electron chi connectivity index (χ0n) is 18.0. The standard InChI is InChI=1S/C24H25N5O3/c1-3-31-24(30)28-20-13-19-22(23(25)27-20)29-21(15(2)26-19)17-9-11-18(12-10-17)32-14-16-7-5-4-6-8-16/h4-13,15,26H,3,14H2,1-2H3,(H3,25,27,28,30). The molecule has 8 nitrogen and oxygen atoms in total. The van der Waals surface area contributed by atoms with Crippen LogP contribution in [0.3, 0.4) is 0 Å². The van der Waals surface area contributed by atoms with Gasteiger partial charge in [-0.3, -0.25) is 5.32 Å². The van der Waals surface area contributed by atoms with Crippen LogP contribution < -0.4 is 21.1 Å². The van der Waals surface area contributed by atoms with Crippen LogP contribution in [-0.2, 0) is 11.3 Å². The Balaban J connectivity index is 1.51. The number of pyridine rings is 1. The summed E-state index contributed by atoms with van der Waals surface area (Å²) in [4.78, 5) is 20.7. The lowest BCUT2D eigenvalue weighted by Gasteiger charge is -2.25. The van der Waals surface area contributed by atoms with Gasteiger partial charge >= 0.3 is 6.09 Å². The second-order valence-electron chi connectivity index (χ2n) is 7.30. The van der Waals surface area contributed by atoms with Crippen LogP contribution in [0.1, 0.15) is 25.0 Å². The first-order valence-electron chi connectivity index (χ1n) is 10.4. The highest BCUT2D eigenvalue weighted by Gasteiger charge is 2.23. The van der Waals surface area contributed by atoms with Gasteiger partial charge in [0.2, 0.25) is 0 Å². The maximum Gasteiger partial charge on any atom is 0.412 e. The highest BCUT2D eigenvalue weighted by atomic mass is 16.5. The van der Waals surface area contributed by atoms with E-state index in [0.717, 1.165) is 22.6 Å². The molecule has 1 aromatic heterocycles. The van der Waals surface area contributed by atoms with Gasteiger partial charge in [0.05, 0.1) is 24.0 Å². The Morgan fingerprint density at radius 3 is 2.62 bits per heavy atom. The van der Waals surface area contributed by atoms with Gasteiger partial charge in [-0.2, -0.15) is 0 Å². The van der Waals surface area contributed by atoms with Crippen molar-refractivity contribution in [3.8, 4) is 5.75 Å². The van der Waals surface area contributed by atoms with E-state index in [4.69, 9.17) is 20.2 Å². The normalized spacial score (nSPS) is 14.6. The number of nitrogens with one attached hydrogen (secondary N) is 2. The predicted octanol–water partition coefficient (Wildman–Crippen LogP) is 4.75. The van der Waals surface area contributed by atoms with Crippen LogP contribution in [0, 0.1) is 0 Å². The molecule has 4 rings (SSSR count). The fraction of sp³-hybridized carbons (Fsp3) is 0.208. The van der Waals surface area contributed by atoms with E-state index in [-0.39, 0.29) is 18.5 Å². The Bertz CT molecular complexity index is 1130. The van der Waals surface area contributed by atoms with Crippen molar-refractivity contribution in [3.05, 3.63) is 71.8 Å². The van der Waals surface area contributed by atoms with Gasteiger partial charge in [-0.1, -0.05) is 30.3 Å². The molecule has 0 saturated heterocycles. The molecule has 164 valence electrons. The van der Waals surface area contributed by atoms with E-state index in [9.17, 15) is 4.79 Å². The van der Waals surface area contributed by atoms with E-state index in [1.54, 1.807) is 13.0 Å². The lowest BCUT2D eigenvalue weighted by molar-refractivity contribution is 0.168. The van der Waals surface area contributed by atoms with Gasteiger partial charge in [-0.05, 0) is 49.2 Å². The first-order valence-corrected chi connectivity index (χ1v) is 10.4. The van der Waals surface area contributed by atoms with Crippen LogP contribution in [0.5, 0.6) is 5.75 Å². The second-order valence-corrected chi connectivity index (χ2v) is 7.30. The van der Waals surface area contributed by atoms with E-state index < -0.39 is 6.09 Å². The molecule has 1 atom stereocenters. The van der Waals surface area contributed by atoms with Crippen LogP contribution in [0.15, 0.2) is 65.7 Å². The van der Waals surface area contributed by atoms with Gasteiger partial charge in [-0.25, -0.2) is 14.8 Å². The number of benzene rings is 2. The number of anilines is 3. The van der Waals surface area contributed by atoms with Gasteiger partial charge in [0.25, 0.3) is 0 Å². The summed E-state index contributed by atoms with van der Waals surface area (Å²) in [6, 6.07) is 19.5. The monoisotopic (exact) mass is 431 g/mol. The third-order valence-electron chi connectivity index (χ3n) is 4.94. The molecule has 0 radical (unpaired) electrons. The number of carbonyl (C=O) groups is 1. The number of aliphatic imine (C=N–C) groups is 1. The van der Waals surface area contributed by atoms with Crippen molar-refractivity contribution in [2.45, 2.75) is 26.5 Å². The molecule has 0 fully saturated rings. The quantitative estimate of drug-likeness (QED) is 0.520. The molecule has 1 amide bonds. The molecule has 0 aliphatic carbocycles. The minimum atomic E-state index is -0.582. The number of nitrogens with two attached hydrogens (primary N) is 1. The fourth-order valence-corrected chi connectivity index (χ4v) is 3.42. The van der Waals surface area contributed by atoms with Crippen LogP contribution >= 0.6 is 0 Å². The molecule has 3 aromatic rings. The molecule has 0 bridgehead atoms. The highest BCUT2D eigenvalue weighted by molar-refractivity contribution is 6.10. The lowest BCUT2D eigenvalue weighted by atomic mass is 10.0. The van der Waals surface area contributed by atoms with E-state index in [2.05, 4.69) is 15.6 Å². The number of fused-ring (bicyclic) bond motifs is 1. The summed E-state index contributed by atoms with van der Waals surface area (Å²) in [5.74, 6) is 1.30. The molecule has 32 heavy (non-hydrogen) atoms. The van der Waals surface area contributed by atoms with Crippen molar-refractivity contribution in [3.63, 3.8) is 0 Å². The molecule has 1 aliphatic heterocycles. The number of carbonyl (C=O) groups excluding carboxylic acids is 1. The van der Waals surface area contributed by atoms with Crippen molar-refractivity contribution in [2.75, 3.05) is 23.0 Å². The van der Waals surface area contributed by atoms with E-state index >= 15 is 0 Å². The summed E-state index contributed by atoms with van der Waals surface area (Å²) < 4.78 is 10.8. The Kier molecular flexibility index (Phi) is 6.21. The zero-order chi connectivity index (χ0) is 22.5. The van der Waals surface area contributed by atoms with Crippen LogP contribution in [0.4, 0.5) is 27.8 Å². The average molecular weight is 431 g/mol. The smallest absolute Gasteiger partial charge is 0.412 e. The molecule has 2 heterocycles. The molecular formula is C24H25N5O3. The molecule has 4 N–H and O–H groups in total. The zero-order valence-corrected chi connectivity index (χ0v) is 18.0. The van der Waals surface area contributed by atoms with E-state index in [0.29, 0.717) is 23.8 Å². The minimum absolute atomic E-state index is 0.0733. The van der Waals surface area contributed by atoms with Crippen molar-refractivity contribution in [1.82, 2.24) is 4.98 Å².